The molecule has 0 N–H and O–H groups in total. The first-order valence-corrected chi connectivity index (χ1v) is 7.38. The minimum atomic E-state index is -5.01. The second-order valence-electron chi connectivity index (χ2n) is 5.67. The van der Waals surface area contributed by atoms with Crippen molar-refractivity contribution in [3.8, 4) is 0 Å². The van der Waals surface area contributed by atoms with Crippen molar-refractivity contribution in [3.05, 3.63) is 65.0 Å². The summed E-state index contributed by atoms with van der Waals surface area (Å²) in [6.07, 6.45) is -7.06. The molecule has 0 bridgehead atoms. The Balaban J connectivity index is 2.44. The molecule has 1 atom stereocenters. The number of hydrogen-bond acceptors (Lipinski definition) is 2. The summed E-state index contributed by atoms with van der Waals surface area (Å²) in [6.45, 7) is 1.59. The van der Waals surface area contributed by atoms with Crippen LogP contribution in [0.15, 0.2) is 42.7 Å². The normalized spacial score (nSPS) is 13.4. The van der Waals surface area contributed by atoms with Gasteiger partial charge in [0.15, 0.2) is 0 Å². The molecule has 0 aliphatic heterocycles. The lowest BCUT2D eigenvalue weighted by molar-refractivity contribution is -0.143. The summed E-state index contributed by atoms with van der Waals surface area (Å²) in [6, 6.07) is 3.49. The average Bonchev–Trinajstić information content (AvgIpc) is 2.58. The van der Waals surface area contributed by atoms with Gasteiger partial charge in [-0.1, -0.05) is 6.07 Å². The highest BCUT2D eigenvalue weighted by Gasteiger charge is 2.38. The Morgan fingerprint density at radius 2 is 1.58 bits per heavy atom. The van der Waals surface area contributed by atoms with Crippen LogP contribution in [0, 0.1) is 0 Å². The van der Waals surface area contributed by atoms with E-state index in [0.29, 0.717) is 17.7 Å². The molecule has 0 spiro atoms. The van der Waals surface area contributed by atoms with Crippen LogP contribution in [-0.4, -0.2) is 22.8 Å². The van der Waals surface area contributed by atoms with Gasteiger partial charge >= 0.3 is 12.4 Å². The molecular weight excluding hydrogens is 362 g/mol. The zero-order valence-electron chi connectivity index (χ0n) is 13.7. The van der Waals surface area contributed by atoms with Crippen LogP contribution < -0.4 is 0 Å². The van der Waals surface area contributed by atoms with Gasteiger partial charge in [-0.2, -0.15) is 26.3 Å². The molecular formula is C17H14F6N2O. The molecule has 1 heterocycles. The number of benzene rings is 1. The monoisotopic (exact) mass is 376 g/mol. The van der Waals surface area contributed by atoms with E-state index in [-0.39, 0.29) is 6.07 Å². The van der Waals surface area contributed by atoms with Crippen molar-refractivity contribution in [1.82, 2.24) is 9.88 Å². The molecule has 1 amide bonds. The Morgan fingerprint density at radius 3 is 2.00 bits per heavy atom. The highest BCUT2D eigenvalue weighted by molar-refractivity contribution is 5.94. The summed E-state index contributed by atoms with van der Waals surface area (Å²) in [5, 5.41) is 0. The average molecular weight is 376 g/mol. The quantitative estimate of drug-likeness (QED) is 0.710. The largest absolute Gasteiger partial charge is 0.416 e. The van der Waals surface area contributed by atoms with E-state index in [1.54, 1.807) is 19.1 Å². The van der Waals surface area contributed by atoms with Crippen molar-refractivity contribution in [2.45, 2.75) is 25.3 Å². The Labute approximate surface area is 145 Å². The zero-order chi connectivity index (χ0) is 19.7. The highest BCUT2D eigenvalue weighted by Crippen LogP contribution is 2.36. The third kappa shape index (κ3) is 4.33. The van der Waals surface area contributed by atoms with Crippen LogP contribution in [-0.2, 0) is 12.4 Å². The third-order valence-electron chi connectivity index (χ3n) is 3.90. The van der Waals surface area contributed by atoms with Gasteiger partial charge in [-0.25, -0.2) is 0 Å². The molecule has 0 saturated heterocycles. The van der Waals surface area contributed by atoms with E-state index in [0.717, 1.165) is 4.90 Å². The summed E-state index contributed by atoms with van der Waals surface area (Å²) in [4.78, 5) is 17.4. The molecule has 2 aromatic rings. The second kappa shape index (κ2) is 6.97. The summed E-state index contributed by atoms with van der Waals surface area (Å²) in [5.41, 5.74) is -3.16. The topological polar surface area (TPSA) is 33.2 Å². The number of nitrogens with zero attached hydrogens (tertiary/aromatic N) is 2. The summed E-state index contributed by atoms with van der Waals surface area (Å²) in [7, 11) is 1.30. The minimum Gasteiger partial charge on any atom is -0.335 e. The molecule has 2 rings (SSSR count). The smallest absolute Gasteiger partial charge is 0.335 e. The molecule has 140 valence electrons. The third-order valence-corrected chi connectivity index (χ3v) is 3.90. The van der Waals surface area contributed by atoms with E-state index in [4.69, 9.17) is 0 Å². The molecule has 0 aliphatic carbocycles. The van der Waals surface area contributed by atoms with E-state index in [9.17, 15) is 31.1 Å². The maximum atomic E-state index is 12.9. The number of amides is 1. The maximum Gasteiger partial charge on any atom is 0.416 e. The van der Waals surface area contributed by atoms with Crippen molar-refractivity contribution in [1.29, 1.82) is 0 Å². The van der Waals surface area contributed by atoms with Gasteiger partial charge in [-0.3, -0.25) is 9.78 Å². The highest BCUT2D eigenvalue weighted by atomic mass is 19.4. The van der Waals surface area contributed by atoms with Crippen molar-refractivity contribution >= 4 is 5.91 Å². The van der Waals surface area contributed by atoms with E-state index in [1.807, 2.05) is 0 Å². The summed E-state index contributed by atoms with van der Waals surface area (Å²) in [5.74, 6) is -0.960. The predicted octanol–water partition coefficient (Wildman–Crippen LogP) is 4.95. The standard InChI is InChI=1S/C17H14F6N2O/c1-10(11-4-3-5-24-9-11)25(2)15(26)12-6-13(16(18,19)20)8-14(7-12)17(21,22)23/h3-10H,1-2H3. The Kier molecular flexibility index (Phi) is 5.29. The maximum absolute atomic E-state index is 12.9. The van der Waals surface area contributed by atoms with Gasteiger partial charge in [0.2, 0.25) is 0 Å². The van der Waals surface area contributed by atoms with Gasteiger partial charge in [0.05, 0.1) is 17.2 Å². The number of carbonyl (C=O) groups excluding carboxylic acids is 1. The van der Waals surface area contributed by atoms with Crippen molar-refractivity contribution in [2.75, 3.05) is 7.05 Å². The Bertz CT molecular complexity index is 754. The SMILES string of the molecule is CC(c1cccnc1)N(C)C(=O)c1cc(C(F)(F)F)cc(C(F)(F)F)c1. The first-order chi connectivity index (χ1) is 11.9. The summed E-state index contributed by atoms with van der Waals surface area (Å²) < 4.78 is 77.5. The number of alkyl halides is 6. The van der Waals surface area contributed by atoms with Crippen LogP contribution in [0.5, 0.6) is 0 Å². The molecule has 9 heteroatoms. The number of carbonyl (C=O) groups is 1. The van der Waals surface area contributed by atoms with Crippen LogP contribution in [0.25, 0.3) is 0 Å². The van der Waals surface area contributed by atoms with Crippen LogP contribution in [0.2, 0.25) is 0 Å². The Hall–Kier alpha value is -2.58. The van der Waals surface area contributed by atoms with Crippen LogP contribution in [0.4, 0.5) is 26.3 Å². The lowest BCUT2D eigenvalue weighted by atomic mass is 10.0. The van der Waals surface area contributed by atoms with Gasteiger partial charge < -0.3 is 4.90 Å². The molecule has 26 heavy (non-hydrogen) atoms. The molecule has 0 radical (unpaired) electrons. The number of rotatable bonds is 3. The van der Waals surface area contributed by atoms with E-state index in [2.05, 4.69) is 4.98 Å². The molecule has 1 unspecified atom stereocenters. The van der Waals surface area contributed by atoms with Crippen molar-refractivity contribution < 1.29 is 31.1 Å². The number of halogens is 6. The molecule has 0 saturated carbocycles. The van der Waals surface area contributed by atoms with Crippen LogP contribution in [0.3, 0.4) is 0 Å². The van der Waals surface area contributed by atoms with E-state index in [1.165, 1.54) is 19.4 Å². The summed E-state index contributed by atoms with van der Waals surface area (Å²) >= 11 is 0. The fraction of sp³-hybridized carbons (Fsp3) is 0.294. The fourth-order valence-electron chi connectivity index (χ4n) is 2.30. The minimum absolute atomic E-state index is 0.0126. The molecule has 0 fully saturated rings. The lowest BCUT2D eigenvalue weighted by Gasteiger charge is -2.26. The number of pyridine rings is 1. The van der Waals surface area contributed by atoms with Crippen molar-refractivity contribution in [3.63, 3.8) is 0 Å². The number of hydrogen-bond donors (Lipinski definition) is 0. The molecule has 3 nitrogen and oxygen atoms in total. The van der Waals surface area contributed by atoms with E-state index >= 15 is 0 Å². The lowest BCUT2D eigenvalue weighted by Crippen LogP contribution is -2.30. The second-order valence-corrected chi connectivity index (χ2v) is 5.67. The van der Waals surface area contributed by atoms with E-state index < -0.39 is 41.0 Å². The van der Waals surface area contributed by atoms with Crippen LogP contribution >= 0.6 is 0 Å². The molecule has 1 aromatic carbocycles. The zero-order valence-corrected chi connectivity index (χ0v) is 13.7. The van der Waals surface area contributed by atoms with Gasteiger partial charge in [0.1, 0.15) is 0 Å². The number of aromatic nitrogens is 1. The first-order valence-electron chi connectivity index (χ1n) is 7.38. The fourth-order valence-corrected chi connectivity index (χ4v) is 2.30. The van der Waals surface area contributed by atoms with Crippen LogP contribution in [0.1, 0.15) is 40.0 Å². The van der Waals surface area contributed by atoms with Gasteiger partial charge in [0.25, 0.3) is 5.91 Å². The predicted molar refractivity (Wildman–Crippen MR) is 81.2 cm³/mol. The van der Waals surface area contributed by atoms with Gasteiger partial charge in [-0.15, -0.1) is 0 Å². The van der Waals surface area contributed by atoms with Crippen molar-refractivity contribution in [2.24, 2.45) is 0 Å². The van der Waals surface area contributed by atoms with Gasteiger partial charge in [-0.05, 0) is 36.8 Å². The molecule has 1 aromatic heterocycles. The van der Waals surface area contributed by atoms with Gasteiger partial charge in [0, 0.05) is 25.0 Å². The Morgan fingerprint density at radius 1 is 1.04 bits per heavy atom. The first kappa shape index (κ1) is 19.7. The molecule has 0 aliphatic rings.